The minimum Gasteiger partial charge on any atom is -0.457 e. The van der Waals surface area contributed by atoms with E-state index in [4.69, 9.17) is 14.2 Å². The molecule has 198 valence electrons. The van der Waals surface area contributed by atoms with Gasteiger partial charge in [0.25, 0.3) is 0 Å². The molecule has 2 aliphatic heterocycles. The van der Waals surface area contributed by atoms with Gasteiger partial charge in [0.2, 0.25) is 0 Å². The van der Waals surface area contributed by atoms with E-state index in [1.54, 1.807) is 18.3 Å². The van der Waals surface area contributed by atoms with Crippen molar-refractivity contribution in [1.82, 2.24) is 5.32 Å². The predicted octanol–water partition coefficient (Wildman–Crippen LogP) is 3.07. The predicted molar refractivity (Wildman–Crippen MR) is 137 cm³/mol. The first kappa shape index (κ1) is 26.1. The number of carbonyl (C=O) groups is 1. The molecule has 4 aliphatic rings. The second-order valence-electron chi connectivity index (χ2n) is 11.1. The van der Waals surface area contributed by atoms with Gasteiger partial charge < -0.3 is 29.7 Å². The molecule has 3 heterocycles. The second-order valence-corrected chi connectivity index (χ2v) is 12.1. The smallest absolute Gasteiger partial charge is 0.335 e. The number of hydrogen-bond donors (Lipinski definition) is 3. The highest BCUT2D eigenvalue weighted by Crippen LogP contribution is 2.60. The first-order chi connectivity index (χ1) is 17.2. The third-order valence-corrected chi connectivity index (χ3v) is 9.92. The van der Waals surface area contributed by atoms with Gasteiger partial charge in [0.05, 0.1) is 18.3 Å². The van der Waals surface area contributed by atoms with Gasteiger partial charge in [-0.2, -0.15) is 0 Å². The van der Waals surface area contributed by atoms with Crippen LogP contribution in [0.1, 0.15) is 39.0 Å². The van der Waals surface area contributed by atoms with Gasteiger partial charge in [-0.25, -0.2) is 4.79 Å². The Kier molecular flexibility index (Phi) is 7.22. The molecule has 4 bridgehead atoms. The number of hydrogen-bond acceptors (Lipinski definition) is 8. The van der Waals surface area contributed by atoms with Crippen LogP contribution in [0.25, 0.3) is 0 Å². The van der Waals surface area contributed by atoms with Crippen LogP contribution in [0, 0.1) is 29.6 Å². The number of thiophene rings is 1. The van der Waals surface area contributed by atoms with E-state index in [-0.39, 0.29) is 41.7 Å². The van der Waals surface area contributed by atoms with Crippen molar-refractivity contribution in [2.45, 2.75) is 82.8 Å². The molecule has 1 aromatic rings. The summed E-state index contributed by atoms with van der Waals surface area (Å²) in [5.74, 6) is -0.943. The number of esters is 1. The zero-order valence-electron chi connectivity index (χ0n) is 21.7. The van der Waals surface area contributed by atoms with Crippen LogP contribution < -0.4 is 5.32 Å². The van der Waals surface area contributed by atoms with Crippen molar-refractivity contribution in [3.05, 3.63) is 46.2 Å². The summed E-state index contributed by atoms with van der Waals surface area (Å²) in [5.41, 5.74) is 0.258. The fraction of sp³-hybridized carbons (Fsp3) is 0.679. The maximum Gasteiger partial charge on any atom is 0.335 e. The lowest BCUT2D eigenvalue weighted by molar-refractivity contribution is -0.172. The first-order valence-electron chi connectivity index (χ1n) is 13.1. The van der Waals surface area contributed by atoms with Crippen LogP contribution in [0.2, 0.25) is 0 Å². The van der Waals surface area contributed by atoms with E-state index in [9.17, 15) is 15.0 Å². The van der Waals surface area contributed by atoms with Crippen LogP contribution in [0.5, 0.6) is 0 Å². The average molecular weight is 518 g/mol. The summed E-state index contributed by atoms with van der Waals surface area (Å²) in [6.07, 6.45) is 3.80. The van der Waals surface area contributed by atoms with Crippen LogP contribution >= 0.6 is 11.3 Å². The van der Waals surface area contributed by atoms with Crippen molar-refractivity contribution < 1.29 is 29.2 Å². The molecule has 2 fully saturated rings. The zero-order chi connectivity index (χ0) is 25.8. The summed E-state index contributed by atoms with van der Waals surface area (Å²) in [7, 11) is 1.51. The quantitative estimate of drug-likeness (QED) is 0.408. The molecule has 0 radical (unpaired) electrons. The number of ether oxygens (including phenoxy) is 3. The van der Waals surface area contributed by atoms with Crippen molar-refractivity contribution in [2.24, 2.45) is 29.6 Å². The Labute approximate surface area is 217 Å². The van der Waals surface area contributed by atoms with Gasteiger partial charge in [0.1, 0.15) is 11.7 Å². The number of carbonyl (C=O) groups excluding carboxylic acids is 1. The van der Waals surface area contributed by atoms with E-state index in [1.807, 2.05) is 6.92 Å². The molecule has 1 saturated carbocycles. The first-order valence-corrected chi connectivity index (χ1v) is 14.0. The number of cyclic esters (lactones) is 1. The van der Waals surface area contributed by atoms with Crippen LogP contribution in [0.15, 0.2) is 41.3 Å². The molecule has 5 rings (SSSR count). The summed E-state index contributed by atoms with van der Waals surface area (Å²) in [6.45, 7) is 8.49. The third-order valence-electron chi connectivity index (χ3n) is 9.05. The average Bonchev–Trinajstić information content (AvgIpc) is 3.42. The van der Waals surface area contributed by atoms with Crippen LogP contribution in [0.3, 0.4) is 0 Å². The Bertz CT molecular complexity index is 1010. The van der Waals surface area contributed by atoms with Crippen molar-refractivity contribution in [3.8, 4) is 0 Å². The highest BCUT2D eigenvalue weighted by molar-refractivity contribution is 7.09. The van der Waals surface area contributed by atoms with Crippen LogP contribution in [0.4, 0.5) is 0 Å². The fourth-order valence-corrected chi connectivity index (χ4v) is 7.96. The third kappa shape index (κ3) is 4.10. The molecule has 12 atom stereocenters. The molecule has 1 saturated heterocycles. The minimum absolute atomic E-state index is 0.00299. The Morgan fingerprint density at radius 1 is 1.33 bits per heavy atom. The summed E-state index contributed by atoms with van der Waals surface area (Å²) < 4.78 is 18.5. The largest absolute Gasteiger partial charge is 0.457 e. The summed E-state index contributed by atoms with van der Waals surface area (Å²) >= 11 is 1.72. The van der Waals surface area contributed by atoms with Crippen molar-refractivity contribution in [3.63, 3.8) is 0 Å². The maximum absolute atomic E-state index is 13.1. The van der Waals surface area contributed by atoms with Crippen LogP contribution in [-0.2, 0) is 25.5 Å². The molecule has 0 amide bonds. The van der Waals surface area contributed by atoms with Gasteiger partial charge in [-0.3, -0.25) is 0 Å². The second kappa shape index (κ2) is 9.97. The molecule has 2 aliphatic carbocycles. The van der Waals surface area contributed by atoms with E-state index >= 15 is 0 Å². The minimum atomic E-state index is -0.836. The molecule has 7 nitrogen and oxygen atoms in total. The SMILES string of the molecule is CO[C@H]1CC2C=C[C@H]3C4OC2(/C(C)=C/C(C)[C@@H](C(C)O)OC1=O)[C@@H]3C(O)C(C)C4NCc1cccs1. The highest BCUT2D eigenvalue weighted by Gasteiger charge is 2.68. The van der Waals surface area contributed by atoms with E-state index < -0.39 is 36.0 Å². The van der Waals surface area contributed by atoms with E-state index in [2.05, 4.69) is 54.9 Å². The molecule has 0 aromatic carbocycles. The molecule has 8 heteroatoms. The number of nitrogens with one attached hydrogen (secondary N) is 1. The number of rotatable bonds is 5. The lowest BCUT2D eigenvalue weighted by Crippen LogP contribution is -2.59. The summed E-state index contributed by atoms with van der Waals surface area (Å²) in [4.78, 5) is 14.3. The van der Waals surface area contributed by atoms with Gasteiger partial charge in [0.15, 0.2) is 6.10 Å². The van der Waals surface area contributed by atoms with Gasteiger partial charge in [-0.15, -0.1) is 11.3 Å². The molecule has 3 N–H and O–H groups in total. The zero-order valence-corrected chi connectivity index (χ0v) is 22.5. The van der Waals surface area contributed by atoms with Gasteiger partial charge in [-0.1, -0.05) is 38.1 Å². The number of methoxy groups -OCH3 is 1. The molecular weight excluding hydrogens is 478 g/mol. The van der Waals surface area contributed by atoms with Gasteiger partial charge in [0, 0.05) is 54.2 Å². The fourth-order valence-electron chi connectivity index (χ4n) is 7.30. The lowest BCUT2D eigenvalue weighted by atomic mass is 9.57. The van der Waals surface area contributed by atoms with Crippen molar-refractivity contribution in [2.75, 3.05) is 7.11 Å². The normalized spacial score (nSPS) is 46.4. The van der Waals surface area contributed by atoms with Gasteiger partial charge in [-0.05, 0) is 37.3 Å². The molecular formula is C28H39NO6S. The van der Waals surface area contributed by atoms with Gasteiger partial charge >= 0.3 is 5.97 Å². The Morgan fingerprint density at radius 3 is 2.78 bits per heavy atom. The maximum atomic E-state index is 13.1. The van der Waals surface area contributed by atoms with E-state index in [1.165, 1.54) is 12.0 Å². The van der Waals surface area contributed by atoms with Crippen LogP contribution in [-0.4, -0.2) is 65.5 Å². The Balaban J connectivity index is 1.56. The molecule has 36 heavy (non-hydrogen) atoms. The Hall–Kier alpha value is -1.55. The Morgan fingerprint density at radius 2 is 2.11 bits per heavy atom. The topological polar surface area (TPSA) is 97.3 Å². The highest BCUT2D eigenvalue weighted by atomic mass is 32.1. The van der Waals surface area contributed by atoms with E-state index in [0.717, 1.165) is 12.1 Å². The van der Waals surface area contributed by atoms with Crippen molar-refractivity contribution >= 4 is 17.3 Å². The van der Waals surface area contributed by atoms with E-state index in [0.29, 0.717) is 6.42 Å². The monoisotopic (exact) mass is 517 g/mol. The summed E-state index contributed by atoms with van der Waals surface area (Å²) in [5, 5.41) is 28.0. The molecule has 8 unspecified atom stereocenters. The lowest BCUT2D eigenvalue weighted by Gasteiger charge is -2.49. The number of aliphatic hydroxyl groups excluding tert-OH is 2. The standard InChI is InChI=1S/C28H39NO6S/c1-14-11-15(2)28-18(12-21(33-5)27(32)34-25(14)17(4)30)8-9-20-22(28)24(31)16(3)23(26(20)35-28)29-13-19-7-6-10-36-19/h6-11,14,16-18,20-26,29-31H,12-13H2,1-5H3/b15-11+/t14?,16?,17?,18?,20-,21+,22+,23?,24?,25+,26?,28?/m1/s1. The molecule has 1 aromatic heterocycles. The van der Waals surface area contributed by atoms with Crippen molar-refractivity contribution in [1.29, 1.82) is 0 Å². The molecule has 1 spiro atoms. The summed E-state index contributed by atoms with van der Waals surface area (Å²) in [6, 6.07) is 4.15. The number of aliphatic hydroxyl groups is 2.